The molecular formula is C32H32N4O6S. The van der Waals surface area contributed by atoms with Crippen LogP contribution < -0.4 is 16.0 Å². The molecule has 0 radical (unpaired) electrons. The molecule has 11 heteroatoms. The average Bonchev–Trinajstić information content (AvgIpc) is 3.42. The zero-order valence-corrected chi connectivity index (χ0v) is 24.9. The van der Waals surface area contributed by atoms with E-state index in [0.29, 0.717) is 22.6 Å². The summed E-state index contributed by atoms with van der Waals surface area (Å²) in [5.41, 5.74) is 2.80. The van der Waals surface area contributed by atoms with Crippen molar-refractivity contribution in [3.05, 3.63) is 103 Å². The molecule has 0 unspecified atom stereocenters. The van der Waals surface area contributed by atoms with Gasteiger partial charge in [0.15, 0.2) is 0 Å². The maximum Gasteiger partial charge on any atom is 0.412 e. The SMILES string of the molecule is CC(=O)Nc1cccc(-c2ccc(S(=O)(=O)n3ccc(/C=C/C(=O)Nc4ccccc4NC(=O)OC(C)(C)C)c3)cc2)c1. The summed E-state index contributed by atoms with van der Waals surface area (Å²) >= 11 is 0. The van der Waals surface area contributed by atoms with Gasteiger partial charge >= 0.3 is 6.09 Å². The number of anilines is 3. The van der Waals surface area contributed by atoms with Crippen molar-refractivity contribution in [2.24, 2.45) is 0 Å². The fourth-order valence-corrected chi connectivity index (χ4v) is 5.23. The number of nitrogens with one attached hydrogen (secondary N) is 3. The van der Waals surface area contributed by atoms with Crippen molar-refractivity contribution in [2.45, 2.75) is 38.2 Å². The van der Waals surface area contributed by atoms with Gasteiger partial charge in [0.2, 0.25) is 11.8 Å². The third kappa shape index (κ3) is 8.43. The highest BCUT2D eigenvalue weighted by Crippen LogP contribution is 2.26. The first-order valence-corrected chi connectivity index (χ1v) is 14.7. The zero-order chi connectivity index (χ0) is 31.2. The van der Waals surface area contributed by atoms with Crippen LogP contribution in [0.3, 0.4) is 0 Å². The van der Waals surface area contributed by atoms with E-state index in [4.69, 9.17) is 4.74 Å². The molecule has 3 amide bonds. The Balaban J connectivity index is 1.42. The number of benzene rings is 3. The van der Waals surface area contributed by atoms with E-state index in [-0.39, 0.29) is 10.8 Å². The Bertz CT molecular complexity index is 1780. The van der Waals surface area contributed by atoms with E-state index in [1.54, 1.807) is 75.4 Å². The van der Waals surface area contributed by atoms with Crippen LogP contribution in [0.25, 0.3) is 17.2 Å². The highest BCUT2D eigenvalue weighted by molar-refractivity contribution is 7.90. The van der Waals surface area contributed by atoms with Crippen LogP contribution in [0.4, 0.5) is 21.9 Å². The lowest BCUT2D eigenvalue weighted by atomic mass is 10.1. The molecule has 222 valence electrons. The number of aromatic nitrogens is 1. The summed E-state index contributed by atoms with van der Waals surface area (Å²) in [6, 6.07) is 21.9. The van der Waals surface area contributed by atoms with Crippen LogP contribution in [0.2, 0.25) is 0 Å². The summed E-state index contributed by atoms with van der Waals surface area (Å²) < 4.78 is 32.8. The smallest absolute Gasteiger partial charge is 0.412 e. The molecule has 0 saturated carbocycles. The van der Waals surface area contributed by atoms with Gasteiger partial charge in [-0.1, -0.05) is 36.4 Å². The molecular weight excluding hydrogens is 568 g/mol. The number of hydrogen-bond donors (Lipinski definition) is 3. The topological polar surface area (TPSA) is 136 Å². The largest absolute Gasteiger partial charge is 0.444 e. The van der Waals surface area contributed by atoms with Crippen LogP contribution in [0.15, 0.2) is 102 Å². The summed E-state index contributed by atoms with van der Waals surface area (Å²) in [5.74, 6) is -0.662. The predicted molar refractivity (Wildman–Crippen MR) is 167 cm³/mol. The molecule has 1 heterocycles. The predicted octanol–water partition coefficient (Wildman–Crippen LogP) is 6.35. The van der Waals surface area contributed by atoms with Gasteiger partial charge in [-0.05, 0) is 86.0 Å². The third-order valence-corrected chi connectivity index (χ3v) is 7.53. The third-order valence-electron chi connectivity index (χ3n) is 5.88. The number of amides is 3. The number of carbonyl (C=O) groups excluding carboxylic acids is 3. The molecule has 3 N–H and O–H groups in total. The minimum atomic E-state index is -3.89. The van der Waals surface area contributed by atoms with Gasteiger partial charge in [0, 0.05) is 31.1 Å². The van der Waals surface area contributed by atoms with E-state index >= 15 is 0 Å². The molecule has 1 aromatic heterocycles. The minimum Gasteiger partial charge on any atom is -0.444 e. The van der Waals surface area contributed by atoms with E-state index < -0.39 is 27.6 Å². The van der Waals surface area contributed by atoms with E-state index in [1.165, 1.54) is 43.6 Å². The van der Waals surface area contributed by atoms with Gasteiger partial charge < -0.3 is 15.4 Å². The Kier molecular flexibility index (Phi) is 9.15. The summed E-state index contributed by atoms with van der Waals surface area (Å²) in [4.78, 5) is 36.2. The monoisotopic (exact) mass is 600 g/mol. The summed E-state index contributed by atoms with van der Waals surface area (Å²) in [6.45, 7) is 6.67. The van der Waals surface area contributed by atoms with Crippen LogP contribution in [0.5, 0.6) is 0 Å². The summed E-state index contributed by atoms with van der Waals surface area (Å²) in [6.07, 6.45) is 4.90. The van der Waals surface area contributed by atoms with Crippen LogP contribution in [-0.2, 0) is 24.3 Å². The molecule has 0 aliphatic heterocycles. The van der Waals surface area contributed by atoms with Crippen molar-refractivity contribution < 1.29 is 27.5 Å². The molecule has 4 aromatic rings. The summed E-state index contributed by atoms with van der Waals surface area (Å²) in [7, 11) is -3.89. The van der Waals surface area contributed by atoms with Crippen LogP contribution in [0, 0.1) is 0 Å². The van der Waals surface area contributed by atoms with E-state index in [9.17, 15) is 22.8 Å². The second kappa shape index (κ2) is 12.8. The maximum atomic E-state index is 13.2. The van der Waals surface area contributed by atoms with E-state index in [2.05, 4.69) is 16.0 Å². The van der Waals surface area contributed by atoms with Crippen molar-refractivity contribution in [3.63, 3.8) is 0 Å². The first-order valence-electron chi connectivity index (χ1n) is 13.3. The van der Waals surface area contributed by atoms with E-state index in [1.807, 2.05) is 12.1 Å². The number of rotatable bonds is 8. The maximum absolute atomic E-state index is 13.2. The Morgan fingerprint density at radius 2 is 1.49 bits per heavy atom. The van der Waals surface area contributed by atoms with Crippen LogP contribution in [-0.4, -0.2) is 35.9 Å². The normalized spacial score (nSPS) is 11.6. The Hall–Kier alpha value is -5.16. The van der Waals surface area contributed by atoms with Gasteiger partial charge in [-0.2, -0.15) is 0 Å². The molecule has 0 atom stereocenters. The Morgan fingerprint density at radius 3 is 2.14 bits per heavy atom. The van der Waals surface area contributed by atoms with Gasteiger partial charge in [-0.3, -0.25) is 14.9 Å². The molecule has 4 rings (SSSR count). The lowest BCUT2D eigenvalue weighted by molar-refractivity contribution is -0.114. The van der Waals surface area contributed by atoms with Crippen LogP contribution >= 0.6 is 0 Å². The fourth-order valence-electron chi connectivity index (χ4n) is 4.02. The number of carbonyl (C=O) groups is 3. The van der Waals surface area contributed by atoms with E-state index in [0.717, 1.165) is 15.1 Å². The highest BCUT2D eigenvalue weighted by atomic mass is 32.2. The summed E-state index contributed by atoms with van der Waals surface area (Å²) in [5, 5.41) is 8.05. The van der Waals surface area contributed by atoms with Gasteiger partial charge in [-0.25, -0.2) is 17.2 Å². The Labute approximate surface area is 250 Å². The standard InChI is InChI=1S/C32H32N4O6S/c1-22(37)33-26-9-7-8-25(20-26)24-13-15-27(16-14-24)43(40,41)36-19-18-23(21-36)12-17-30(38)34-28-10-5-6-11-29(28)35-31(39)42-32(2,3)4/h5-21H,1-4H3,(H,33,37)(H,34,38)(H,35,39)/b17-12+. The molecule has 3 aromatic carbocycles. The number of para-hydroxylation sites is 2. The molecule has 0 spiro atoms. The number of ether oxygens (including phenoxy) is 1. The van der Waals surface area contributed by atoms with Gasteiger partial charge in [0.1, 0.15) is 5.60 Å². The Morgan fingerprint density at radius 1 is 0.814 bits per heavy atom. The fraction of sp³-hybridized carbons (Fsp3) is 0.156. The zero-order valence-electron chi connectivity index (χ0n) is 24.1. The molecule has 0 aliphatic carbocycles. The van der Waals surface area contributed by atoms with Crippen molar-refractivity contribution >= 4 is 51.1 Å². The van der Waals surface area contributed by atoms with Crippen molar-refractivity contribution in [1.29, 1.82) is 0 Å². The second-order valence-corrected chi connectivity index (χ2v) is 12.4. The minimum absolute atomic E-state index is 0.0900. The first kappa shape index (κ1) is 30.8. The molecule has 0 fully saturated rings. The molecule has 0 bridgehead atoms. The molecule has 0 aliphatic rings. The van der Waals surface area contributed by atoms with Gasteiger partial charge in [-0.15, -0.1) is 0 Å². The highest BCUT2D eigenvalue weighted by Gasteiger charge is 2.18. The molecule has 10 nitrogen and oxygen atoms in total. The van der Waals surface area contributed by atoms with Crippen molar-refractivity contribution in [2.75, 3.05) is 16.0 Å². The van der Waals surface area contributed by atoms with Crippen LogP contribution in [0.1, 0.15) is 33.3 Å². The van der Waals surface area contributed by atoms with Crippen molar-refractivity contribution in [1.82, 2.24) is 3.97 Å². The molecule has 0 saturated heterocycles. The number of nitrogens with zero attached hydrogens (tertiary/aromatic N) is 1. The lowest BCUT2D eigenvalue weighted by Gasteiger charge is -2.20. The van der Waals surface area contributed by atoms with Crippen molar-refractivity contribution in [3.8, 4) is 11.1 Å². The lowest BCUT2D eigenvalue weighted by Crippen LogP contribution is -2.27. The number of hydrogen-bond acceptors (Lipinski definition) is 6. The molecule has 43 heavy (non-hydrogen) atoms. The quantitative estimate of drug-likeness (QED) is 0.202. The average molecular weight is 601 g/mol. The van der Waals surface area contributed by atoms with Gasteiger partial charge in [0.05, 0.1) is 16.3 Å². The van der Waals surface area contributed by atoms with Gasteiger partial charge in [0.25, 0.3) is 10.0 Å². The first-order chi connectivity index (χ1) is 20.3. The second-order valence-electron chi connectivity index (χ2n) is 10.6.